The van der Waals surface area contributed by atoms with E-state index in [1.165, 1.54) is 0 Å². The maximum Gasteiger partial charge on any atom is 0.191 e. The van der Waals surface area contributed by atoms with E-state index in [1.807, 2.05) is 6.08 Å². The topological polar surface area (TPSA) is 76.9 Å². The summed E-state index contributed by atoms with van der Waals surface area (Å²) in [5.41, 5.74) is 0. The third kappa shape index (κ3) is 4.40. The number of aromatic nitrogens is 3. The molecule has 1 atom stereocenters. The van der Waals surface area contributed by atoms with Gasteiger partial charge in [0.2, 0.25) is 0 Å². The molecule has 3 rings (SSSR count). The summed E-state index contributed by atoms with van der Waals surface area (Å²) in [5.74, 6) is 3.45. The van der Waals surface area contributed by atoms with Gasteiger partial charge < -0.3 is 9.88 Å². The standard InChI is InChI=1S/C16H26N4O2S2/c1-2-9-20-15(14-3-7-17-8-4-14)18-19-16(20)23-10-5-13-6-11-24(21,22)12-13/h2,13-14,17H,1,3-12H2. The van der Waals surface area contributed by atoms with Gasteiger partial charge in [-0.25, -0.2) is 8.42 Å². The summed E-state index contributed by atoms with van der Waals surface area (Å²) in [6.07, 6.45) is 5.82. The molecular weight excluding hydrogens is 344 g/mol. The lowest BCUT2D eigenvalue weighted by atomic mass is 9.97. The molecule has 2 fully saturated rings. The second-order valence-electron chi connectivity index (χ2n) is 6.67. The number of sulfone groups is 1. The molecule has 0 amide bonds. The van der Waals surface area contributed by atoms with Crippen molar-refractivity contribution in [2.45, 2.75) is 43.3 Å². The number of nitrogens with zero attached hydrogens (tertiary/aromatic N) is 3. The Bertz CT molecular complexity index is 666. The largest absolute Gasteiger partial charge is 0.317 e. The van der Waals surface area contributed by atoms with Gasteiger partial charge in [-0.3, -0.25) is 0 Å². The van der Waals surface area contributed by atoms with Gasteiger partial charge in [0.15, 0.2) is 15.0 Å². The number of thioether (sulfide) groups is 1. The van der Waals surface area contributed by atoms with Crippen molar-refractivity contribution in [1.29, 1.82) is 0 Å². The number of piperidine rings is 1. The van der Waals surface area contributed by atoms with E-state index in [1.54, 1.807) is 11.8 Å². The lowest BCUT2D eigenvalue weighted by molar-refractivity contribution is 0.431. The van der Waals surface area contributed by atoms with Crippen LogP contribution in [0.2, 0.25) is 0 Å². The molecule has 0 saturated carbocycles. The first-order chi connectivity index (χ1) is 11.6. The highest BCUT2D eigenvalue weighted by Crippen LogP contribution is 2.29. The zero-order valence-electron chi connectivity index (χ0n) is 14.0. The van der Waals surface area contributed by atoms with Crippen molar-refractivity contribution in [3.8, 4) is 0 Å². The molecule has 6 nitrogen and oxygen atoms in total. The summed E-state index contributed by atoms with van der Waals surface area (Å²) in [4.78, 5) is 0. The molecule has 134 valence electrons. The van der Waals surface area contributed by atoms with Crippen molar-refractivity contribution in [1.82, 2.24) is 20.1 Å². The Morgan fingerprint density at radius 1 is 1.29 bits per heavy atom. The van der Waals surface area contributed by atoms with Gasteiger partial charge >= 0.3 is 0 Å². The average Bonchev–Trinajstić information content (AvgIpc) is 3.12. The van der Waals surface area contributed by atoms with E-state index in [4.69, 9.17) is 0 Å². The monoisotopic (exact) mass is 370 g/mol. The Kier molecular flexibility index (Phi) is 5.99. The Morgan fingerprint density at radius 3 is 2.75 bits per heavy atom. The number of hydrogen-bond donors (Lipinski definition) is 1. The van der Waals surface area contributed by atoms with Crippen molar-refractivity contribution in [3.63, 3.8) is 0 Å². The Labute approximate surface area is 148 Å². The highest BCUT2D eigenvalue weighted by molar-refractivity contribution is 7.99. The minimum absolute atomic E-state index is 0.308. The Balaban J connectivity index is 1.60. The van der Waals surface area contributed by atoms with Crippen molar-refractivity contribution < 1.29 is 8.42 Å². The van der Waals surface area contributed by atoms with Crippen LogP contribution in [-0.2, 0) is 16.4 Å². The van der Waals surface area contributed by atoms with Crippen molar-refractivity contribution in [2.75, 3.05) is 30.3 Å². The maximum absolute atomic E-state index is 11.5. The third-order valence-corrected chi connectivity index (χ3v) is 7.68. The van der Waals surface area contributed by atoms with Gasteiger partial charge in [0.25, 0.3) is 0 Å². The minimum Gasteiger partial charge on any atom is -0.317 e. The van der Waals surface area contributed by atoms with Gasteiger partial charge in [-0.2, -0.15) is 0 Å². The molecule has 1 aromatic heterocycles. The fourth-order valence-corrected chi connectivity index (χ4v) is 6.47. The second-order valence-corrected chi connectivity index (χ2v) is 9.96. The molecule has 1 aromatic rings. The first-order valence-corrected chi connectivity index (χ1v) is 11.5. The van der Waals surface area contributed by atoms with Crippen LogP contribution in [0.15, 0.2) is 17.8 Å². The van der Waals surface area contributed by atoms with E-state index in [-0.39, 0.29) is 0 Å². The summed E-state index contributed by atoms with van der Waals surface area (Å²) in [5, 5.41) is 13.2. The van der Waals surface area contributed by atoms with Crippen LogP contribution in [0.25, 0.3) is 0 Å². The van der Waals surface area contributed by atoms with Gasteiger partial charge in [-0.05, 0) is 44.7 Å². The molecule has 0 radical (unpaired) electrons. The number of allylic oxidation sites excluding steroid dienone is 1. The van der Waals surface area contributed by atoms with Gasteiger partial charge in [0.1, 0.15) is 5.82 Å². The summed E-state index contributed by atoms with van der Waals surface area (Å²) in [7, 11) is -2.78. The lowest BCUT2D eigenvalue weighted by Gasteiger charge is -2.22. The van der Waals surface area contributed by atoms with E-state index in [9.17, 15) is 8.42 Å². The molecule has 3 heterocycles. The fourth-order valence-electron chi connectivity index (χ4n) is 3.51. The van der Waals surface area contributed by atoms with Crippen LogP contribution in [0.3, 0.4) is 0 Å². The first kappa shape index (κ1) is 17.9. The van der Waals surface area contributed by atoms with Crippen molar-refractivity contribution in [2.24, 2.45) is 5.92 Å². The molecular formula is C16H26N4O2S2. The van der Waals surface area contributed by atoms with Crippen LogP contribution in [0.1, 0.15) is 37.4 Å². The van der Waals surface area contributed by atoms with Crippen LogP contribution in [-0.4, -0.2) is 53.5 Å². The van der Waals surface area contributed by atoms with Crippen LogP contribution < -0.4 is 5.32 Å². The molecule has 2 saturated heterocycles. The molecule has 1 unspecified atom stereocenters. The Hall–Kier alpha value is -0.860. The molecule has 2 aliphatic rings. The smallest absolute Gasteiger partial charge is 0.191 e. The van der Waals surface area contributed by atoms with Gasteiger partial charge in [-0.1, -0.05) is 17.8 Å². The minimum atomic E-state index is -2.78. The lowest BCUT2D eigenvalue weighted by Crippen LogP contribution is -2.28. The van der Waals surface area contributed by atoms with E-state index < -0.39 is 9.84 Å². The van der Waals surface area contributed by atoms with E-state index in [2.05, 4.69) is 26.7 Å². The van der Waals surface area contributed by atoms with Crippen LogP contribution in [0.4, 0.5) is 0 Å². The summed E-state index contributed by atoms with van der Waals surface area (Å²) in [6, 6.07) is 0. The van der Waals surface area contributed by atoms with Gasteiger partial charge in [-0.15, -0.1) is 16.8 Å². The predicted molar refractivity (Wildman–Crippen MR) is 97.2 cm³/mol. The summed E-state index contributed by atoms with van der Waals surface area (Å²) < 4.78 is 25.3. The zero-order chi connectivity index (χ0) is 17.0. The van der Waals surface area contributed by atoms with Gasteiger partial charge in [0.05, 0.1) is 11.5 Å². The fraction of sp³-hybridized carbons (Fsp3) is 0.750. The number of hydrogen-bond acceptors (Lipinski definition) is 6. The van der Waals surface area contributed by atoms with Crippen LogP contribution in [0, 0.1) is 5.92 Å². The molecule has 0 aliphatic carbocycles. The third-order valence-electron chi connectivity index (χ3n) is 4.85. The average molecular weight is 371 g/mol. The predicted octanol–water partition coefficient (Wildman–Crippen LogP) is 1.85. The summed E-state index contributed by atoms with van der Waals surface area (Å²) >= 11 is 1.69. The molecule has 0 spiro atoms. The van der Waals surface area contributed by atoms with Crippen molar-refractivity contribution in [3.05, 3.63) is 18.5 Å². The van der Waals surface area contributed by atoms with Crippen LogP contribution >= 0.6 is 11.8 Å². The van der Waals surface area contributed by atoms with Crippen LogP contribution in [0.5, 0.6) is 0 Å². The number of rotatable bonds is 7. The van der Waals surface area contributed by atoms with E-state index in [0.29, 0.717) is 23.3 Å². The SMILES string of the molecule is C=CCn1c(SCCC2CCS(=O)(=O)C2)nnc1C1CCNCC1. The molecule has 2 aliphatic heterocycles. The summed E-state index contributed by atoms with van der Waals surface area (Å²) in [6.45, 7) is 6.65. The molecule has 8 heteroatoms. The molecule has 1 N–H and O–H groups in total. The zero-order valence-corrected chi connectivity index (χ0v) is 15.6. The van der Waals surface area contributed by atoms with E-state index >= 15 is 0 Å². The van der Waals surface area contributed by atoms with Gasteiger partial charge in [0, 0.05) is 18.2 Å². The highest BCUT2D eigenvalue weighted by atomic mass is 32.2. The normalized spacial score (nSPS) is 24.2. The quantitative estimate of drug-likeness (QED) is 0.583. The molecule has 0 bridgehead atoms. The number of nitrogens with one attached hydrogen (secondary N) is 1. The highest BCUT2D eigenvalue weighted by Gasteiger charge is 2.28. The molecule has 24 heavy (non-hydrogen) atoms. The maximum atomic E-state index is 11.5. The second kappa shape index (κ2) is 8.01. The first-order valence-electron chi connectivity index (χ1n) is 8.67. The Morgan fingerprint density at radius 2 is 2.08 bits per heavy atom. The molecule has 0 aromatic carbocycles. The van der Waals surface area contributed by atoms with E-state index in [0.717, 1.165) is 62.1 Å². The van der Waals surface area contributed by atoms with Crippen molar-refractivity contribution >= 4 is 21.6 Å².